The molecule has 0 saturated carbocycles. The maximum absolute atomic E-state index is 12.0. The molecule has 6 heteroatoms. The Kier molecular flexibility index (Phi) is 9.24. The fourth-order valence-electron chi connectivity index (χ4n) is 2.44. The van der Waals surface area contributed by atoms with Crippen LogP contribution in [0.4, 0.5) is 0 Å². The van der Waals surface area contributed by atoms with Gasteiger partial charge >= 0.3 is 0 Å². The van der Waals surface area contributed by atoms with E-state index in [1.54, 1.807) is 0 Å². The highest BCUT2D eigenvalue weighted by molar-refractivity contribution is 7.86. The van der Waals surface area contributed by atoms with Gasteiger partial charge in [0.2, 0.25) is 11.8 Å². The maximum atomic E-state index is 12.0. The minimum Gasteiger partial charge on any atom is -0.395 e. The molecule has 0 bridgehead atoms. The first kappa shape index (κ1) is 19.0. The second-order valence-corrected chi connectivity index (χ2v) is 7.28. The molecule has 2 atom stereocenters. The van der Waals surface area contributed by atoms with Gasteiger partial charge in [0.05, 0.1) is 13.0 Å². The molecule has 0 aliphatic carbocycles. The lowest BCUT2D eigenvalue weighted by Crippen LogP contribution is -2.30. The number of imide groups is 1. The van der Waals surface area contributed by atoms with Crippen LogP contribution in [0.5, 0.6) is 0 Å². The Bertz CT molecular complexity index is 422. The fourth-order valence-corrected chi connectivity index (χ4v) is 3.57. The van der Waals surface area contributed by atoms with Gasteiger partial charge in [-0.1, -0.05) is 45.1 Å². The number of allylic oxidation sites excluding steroid dienone is 1. The van der Waals surface area contributed by atoms with E-state index in [2.05, 4.69) is 6.92 Å². The van der Waals surface area contributed by atoms with Crippen molar-refractivity contribution in [3.8, 4) is 0 Å². The molecule has 1 rings (SSSR count). The third-order valence-corrected chi connectivity index (χ3v) is 5.32. The highest BCUT2D eigenvalue weighted by Crippen LogP contribution is 2.19. The van der Waals surface area contributed by atoms with Crippen molar-refractivity contribution in [2.45, 2.75) is 63.5 Å². The largest absolute Gasteiger partial charge is 0.395 e. The molecule has 0 spiro atoms. The number of unbranched alkanes of at least 4 members (excludes halogenated alkanes) is 6. The van der Waals surface area contributed by atoms with Crippen molar-refractivity contribution in [1.29, 1.82) is 0 Å². The van der Waals surface area contributed by atoms with E-state index in [4.69, 9.17) is 5.11 Å². The standard InChI is InChI=1S/C16H27NO4S/c1-2-3-4-5-6-7-8-9-10-17-15(19)13-14(16(17)20)22(21)12-11-18/h9-10,14,18H,2-8,11-13H2,1H3. The summed E-state index contributed by atoms with van der Waals surface area (Å²) in [4.78, 5) is 24.9. The Balaban J connectivity index is 2.33. The van der Waals surface area contributed by atoms with Gasteiger partial charge in [-0.3, -0.25) is 18.7 Å². The van der Waals surface area contributed by atoms with Crippen LogP contribution in [0.2, 0.25) is 0 Å². The van der Waals surface area contributed by atoms with E-state index in [0.717, 1.165) is 24.2 Å². The molecule has 1 aliphatic heterocycles. The van der Waals surface area contributed by atoms with Crippen molar-refractivity contribution in [1.82, 2.24) is 4.90 Å². The van der Waals surface area contributed by atoms with Gasteiger partial charge in [0.25, 0.3) is 0 Å². The van der Waals surface area contributed by atoms with E-state index in [0.29, 0.717) is 0 Å². The van der Waals surface area contributed by atoms with Crippen molar-refractivity contribution < 1.29 is 18.9 Å². The highest BCUT2D eigenvalue weighted by atomic mass is 32.2. The van der Waals surface area contributed by atoms with Gasteiger partial charge in [-0.2, -0.15) is 0 Å². The lowest BCUT2D eigenvalue weighted by atomic mass is 10.1. The summed E-state index contributed by atoms with van der Waals surface area (Å²) in [6.07, 6.45) is 11.4. The van der Waals surface area contributed by atoms with E-state index in [1.165, 1.54) is 31.9 Å². The topological polar surface area (TPSA) is 74.7 Å². The van der Waals surface area contributed by atoms with Crippen molar-refractivity contribution in [3.63, 3.8) is 0 Å². The summed E-state index contributed by atoms with van der Waals surface area (Å²) in [6, 6.07) is 0. The molecular formula is C16H27NO4S. The number of carbonyl (C=O) groups is 2. The minimum absolute atomic E-state index is 0.0210. The molecule has 2 amide bonds. The number of aliphatic hydroxyl groups excluding tert-OH is 1. The maximum Gasteiger partial charge on any atom is 0.249 e. The predicted octanol–water partition coefficient (Wildman–Crippen LogP) is 2.12. The average molecular weight is 329 g/mol. The van der Waals surface area contributed by atoms with E-state index >= 15 is 0 Å². The molecule has 126 valence electrons. The Morgan fingerprint density at radius 3 is 2.59 bits per heavy atom. The quantitative estimate of drug-likeness (QED) is 0.465. The highest BCUT2D eigenvalue weighted by Gasteiger charge is 2.40. The molecule has 1 aliphatic rings. The lowest BCUT2D eigenvalue weighted by Gasteiger charge is -2.09. The first-order valence-electron chi connectivity index (χ1n) is 8.12. The second-order valence-electron chi connectivity index (χ2n) is 5.54. The summed E-state index contributed by atoms with van der Waals surface area (Å²) in [5.74, 6) is -0.671. The third-order valence-electron chi connectivity index (χ3n) is 3.73. The van der Waals surface area contributed by atoms with Crippen LogP contribution in [-0.4, -0.2) is 43.6 Å². The molecule has 0 aromatic rings. The van der Waals surface area contributed by atoms with Gasteiger partial charge < -0.3 is 5.11 Å². The van der Waals surface area contributed by atoms with Crippen LogP contribution in [0, 0.1) is 0 Å². The molecule has 22 heavy (non-hydrogen) atoms. The Morgan fingerprint density at radius 1 is 1.23 bits per heavy atom. The van der Waals surface area contributed by atoms with Crippen molar-refractivity contribution in [3.05, 3.63) is 12.3 Å². The number of likely N-dealkylation sites (tertiary alicyclic amines) is 1. The van der Waals surface area contributed by atoms with Crippen LogP contribution in [0.15, 0.2) is 12.3 Å². The van der Waals surface area contributed by atoms with Crippen LogP contribution in [0.1, 0.15) is 58.3 Å². The van der Waals surface area contributed by atoms with Gasteiger partial charge in [0.1, 0.15) is 5.25 Å². The molecule has 1 saturated heterocycles. The summed E-state index contributed by atoms with van der Waals surface area (Å²) < 4.78 is 11.8. The molecule has 1 N–H and O–H groups in total. The zero-order valence-corrected chi connectivity index (χ0v) is 14.1. The van der Waals surface area contributed by atoms with Gasteiger partial charge in [-0.25, -0.2) is 0 Å². The van der Waals surface area contributed by atoms with Gasteiger partial charge in [0, 0.05) is 22.8 Å². The number of amides is 2. The molecule has 0 radical (unpaired) electrons. The van der Waals surface area contributed by atoms with Gasteiger partial charge in [0.15, 0.2) is 0 Å². The minimum atomic E-state index is -1.48. The first-order valence-corrected chi connectivity index (χ1v) is 9.50. The van der Waals surface area contributed by atoms with Crippen LogP contribution >= 0.6 is 0 Å². The predicted molar refractivity (Wildman–Crippen MR) is 87.5 cm³/mol. The normalized spacial score (nSPS) is 20.3. The van der Waals surface area contributed by atoms with Crippen LogP contribution < -0.4 is 0 Å². The molecule has 5 nitrogen and oxygen atoms in total. The number of nitrogens with zero attached hydrogens (tertiary/aromatic N) is 1. The Morgan fingerprint density at radius 2 is 1.91 bits per heavy atom. The first-order chi connectivity index (χ1) is 10.6. The summed E-state index contributed by atoms with van der Waals surface area (Å²) in [7, 11) is -1.48. The number of hydrogen-bond donors (Lipinski definition) is 1. The zero-order chi connectivity index (χ0) is 16.4. The van der Waals surface area contributed by atoms with Gasteiger partial charge in [-0.15, -0.1) is 0 Å². The third kappa shape index (κ3) is 6.01. The summed E-state index contributed by atoms with van der Waals surface area (Å²) >= 11 is 0. The van der Waals surface area contributed by atoms with E-state index in [-0.39, 0.29) is 24.7 Å². The van der Waals surface area contributed by atoms with Gasteiger partial charge in [-0.05, 0) is 12.8 Å². The Labute approximate surface area is 135 Å². The fraction of sp³-hybridized carbons (Fsp3) is 0.750. The molecule has 0 aromatic heterocycles. The lowest BCUT2D eigenvalue weighted by molar-refractivity contribution is -0.135. The van der Waals surface area contributed by atoms with Crippen molar-refractivity contribution in [2.75, 3.05) is 12.4 Å². The van der Waals surface area contributed by atoms with E-state index in [9.17, 15) is 13.8 Å². The van der Waals surface area contributed by atoms with Crippen LogP contribution in [0.25, 0.3) is 0 Å². The molecule has 1 fully saturated rings. The van der Waals surface area contributed by atoms with E-state index < -0.39 is 22.0 Å². The monoisotopic (exact) mass is 329 g/mol. The van der Waals surface area contributed by atoms with Crippen molar-refractivity contribution >= 4 is 22.6 Å². The SMILES string of the molecule is CCCCCCCCC=CN1C(=O)CC(S(=O)CCO)C1=O. The molecular weight excluding hydrogens is 302 g/mol. The van der Waals surface area contributed by atoms with E-state index in [1.807, 2.05) is 6.08 Å². The average Bonchev–Trinajstić information content (AvgIpc) is 2.78. The van der Waals surface area contributed by atoms with Crippen LogP contribution in [-0.2, 0) is 20.4 Å². The summed E-state index contributed by atoms with van der Waals surface area (Å²) in [5.41, 5.74) is 0. The summed E-state index contributed by atoms with van der Waals surface area (Å²) in [5, 5.41) is 7.98. The number of aliphatic hydroxyl groups is 1. The number of rotatable bonds is 11. The summed E-state index contributed by atoms with van der Waals surface area (Å²) in [6.45, 7) is 1.95. The number of hydrogen-bond acceptors (Lipinski definition) is 4. The zero-order valence-electron chi connectivity index (χ0n) is 13.3. The van der Waals surface area contributed by atoms with Crippen molar-refractivity contribution in [2.24, 2.45) is 0 Å². The molecule has 1 heterocycles. The smallest absolute Gasteiger partial charge is 0.249 e. The number of carbonyl (C=O) groups excluding carboxylic acids is 2. The molecule has 2 unspecified atom stereocenters. The molecule has 0 aromatic carbocycles. The van der Waals surface area contributed by atoms with Crippen LogP contribution in [0.3, 0.4) is 0 Å². The second kappa shape index (κ2) is 10.7. The Hall–Kier alpha value is -1.01.